The Morgan fingerprint density at radius 2 is 1.58 bits per heavy atom. The number of methoxy groups -OCH3 is 3. The molecule has 1 rings (SSSR count). The number of ether oxygens (including phenoxy) is 4. The van der Waals surface area contributed by atoms with E-state index >= 15 is 0 Å². The third-order valence-corrected chi connectivity index (χ3v) is 3.00. The standard InChI is InChI=1S/C13H20N4O5.C3H8O/c1-5-6-9(7-18)14-8(2)10(19)22-13-16-11(20-3)15-12(17-13)21-4;1-3-4-2/h7-9,14H,5-6H2,1-4H3;3H2,1-2H3/t8-,9-;/m0./s1. The molecular formula is C16H28N4O6. The van der Waals surface area contributed by atoms with Gasteiger partial charge in [-0.3, -0.25) is 5.32 Å². The lowest BCUT2D eigenvalue weighted by Crippen LogP contribution is -2.44. The minimum absolute atomic E-state index is 0.0352. The SMILES string of the molecule is CCC[C@@H](C=O)N[C@@H](C)C(=O)Oc1nc(OC)nc(OC)n1.CCOC. The smallest absolute Gasteiger partial charge is 0.333 e. The van der Waals surface area contributed by atoms with E-state index in [1.807, 2.05) is 13.8 Å². The summed E-state index contributed by atoms with van der Waals surface area (Å²) in [7, 11) is 4.41. The van der Waals surface area contributed by atoms with Gasteiger partial charge in [0.1, 0.15) is 12.3 Å². The lowest BCUT2D eigenvalue weighted by Gasteiger charge is -2.16. The molecule has 1 aromatic rings. The van der Waals surface area contributed by atoms with Gasteiger partial charge in [-0.1, -0.05) is 13.3 Å². The number of nitrogens with one attached hydrogen (secondary N) is 1. The van der Waals surface area contributed by atoms with Crippen molar-refractivity contribution in [1.29, 1.82) is 0 Å². The molecule has 0 aromatic carbocycles. The van der Waals surface area contributed by atoms with Gasteiger partial charge in [0.05, 0.1) is 20.3 Å². The van der Waals surface area contributed by atoms with E-state index in [0.717, 1.165) is 19.3 Å². The second-order valence-corrected chi connectivity index (χ2v) is 5.01. The number of hydrogen-bond acceptors (Lipinski definition) is 10. The van der Waals surface area contributed by atoms with Crippen molar-refractivity contribution in [3.8, 4) is 18.0 Å². The molecule has 0 saturated carbocycles. The van der Waals surface area contributed by atoms with Crippen molar-refractivity contribution in [3.63, 3.8) is 0 Å². The summed E-state index contributed by atoms with van der Waals surface area (Å²) in [4.78, 5) is 34.3. The van der Waals surface area contributed by atoms with E-state index in [2.05, 4.69) is 25.0 Å². The average Bonchev–Trinajstić information content (AvgIpc) is 2.67. The summed E-state index contributed by atoms with van der Waals surface area (Å²) in [6.07, 6.45) is 2.22. The van der Waals surface area contributed by atoms with Crippen LogP contribution in [0.1, 0.15) is 33.6 Å². The Bertz CT molecular complexity index is 519. The van der Waals surface area contributed by atoms with Gasteiger partial charge in [0, 0.05) is 13.7 Å². The van der Waals surface area contributed by atoms with Crippen molar-refractivity contribution in [2.45, 2.75) is 45.7 Å². The number of carbonyl (C=O) groups excluding carboxylic acids is 2. The molecule has 0 unspecified atom stereocenters. The molecule has 0 saturated heterocycles. The molecule has 0 aliphatic heterocycles. The maximum Gasteiger partial charge on any atom is 0.333 e. The zero-order valence-corrected chi connectivity index (χ0v) is 16.1. The van der Waals surface area contributed by atoms with Gasteiger partial charge in [0.25, 0.3) is 0 Å². The fourth-order valence-corrected chi connectivity index (χ4v) is 1.62. The van der Waals surface area contributed by atoms with Crippen LogP contribution in [0.25, 0.3) is 0 Å². The van der Waals surface area contributed by atoms with Gasteiger partial charge in [0.2, 0.25) is 0 Å². The fourth-order valence-electron chi connectivity index (χ4n) is 1.62. The van der Waals surface area contributed by atoms with Crippen molar-refractivity contribution in [2.24, 2.45) is 0 Å². The predicted octanol–water partition coefficient (Wildman–Crippen LogP) is 0.793. The molecule has 0 amide bonds. The van der Waals surface area contributed by atoms with Gasteiger partial charge in [-0.15, -0.1) is 15.0 Å². The van der Waals surface area contributed by atoms with E-state index in [4.69, 9.17) is 14.2 Å². The highest BCUT2D eigenvalue weighted by Crippen LogP contribution is 2.14. The lowest BCUT2D eigenvalue weighted by atomic mass is 10.1. The number of aldehydes is 1. The summed E-state index contributed by atoms with van der Waals surface area (Å²) in [5.74, 6) is -0.627. The number of aromatic nitrogens is 3. The minimum Gasteiger partial charge on any atom is -0.467 e. The Labute approximate surface area is 153 Å². The summed E-state index contributed by atoms with van der Waals surface area (Å²) in [6.45, 7) is 6.31. The van der Waals surface area contributed by atoms with Crippen LogP contribution >= 0.6 is 0 Å². The Kier molecular flexibility index (Phi) is 12.7. The van der Waals surface area contributed by atoms with Crippen LogP contribution in [0, 0.1) is 0 Å². The van der Waals surface area contributed by atoms with Crippen LogP contribution in [0.2, 0.25) is 0 Å². The summed E-state index contributed by atoms with van der Waals surface area (Å²) < 4.78 is 19.3. The molecular weight excluding hydrogens is 344 g/mol. The van der Waals surface area contributed by atoms with Crippen molar-refractivity contribution >= 4 is 12.3 Å². The topological polar surface area (TPSA) is 122 Å². The van der Waals surface area contributed by atoms with E-state index < -0.39 is 18.1 Å². The van der Waals surface area contributed by atoms with E-state index in [9.17, 15) is 9.59 Å². The van der Waals surface area contributed by atoms with Gasteiger partial charge in [0.15, 0.2) is 0 Å². The van der Waals surface area contributed by atoms with Crippen LogP contribution in [-0.4, -0.2) is 67.2 Å². The number of hydrogen-bond donors (Lipinski definition) is 1. The van der Waals surface area contributed by atoms with Crippen LogP contribution in [0.4, 0.5) is 0 Å². The molecule has 1 heterocycles. The maximum absolute atomic E-state index is 12.0. The maximum atomic E-state index is 12.0. The normalized spacial score (nSPS) is 12.2. The third kappa shape index (κ3) is 9.23. The first-order chi connectivity index (χ1) is 12.4. The molecule has 1 N–H and O–H groups in total. The fraction of sp³-hybridized carbons (Fsp3) is 0.688. The van der Waals surface area contributed by atoms with Crippen LogP contribution in [0.5, 0.6) is 18.0 Å². The van der Waals surface area contributed by atoms with Crippen LogP contribution in [0.3, 0.4) is 0 Å². The lowest BCUT2D eigenvalue weighted by molar-refractivity contribution is -0.137. The number of carbonyl (C=O) groups is 2. The molecule has 2 atom stereocenters. The molecule has 10 heteroatoms. The van der Waals surface area contributed by atoms with Gasteiger partial charge in [-0.25, -0.2) is 4.79 Å². The molecule has 26 heavy (non-hydrogen) atoms. The summed E-state index contributed by atoms with van der Waals surface area (Å²) in [5.41, 5.74) is 0. The van der Waals surface area contributed by atoms with E-state index in [1.54, 1.807) is 14.0 Å². The molecule has 0 bridgehead atoms. The van der Waals surface area contributed by atoms with Crippen LogP contribution in [-0.2, 0) is 14.3 Å². The number of nitrogens with zero attached hydrogens (tertiary/aromatic N) is 3. The highest BCUT2D eigenvalue weighted by molar-refractivity contribution is 5.77. The molecule has 0 spiro atoms. The second kappa shape index (κ2) is 13.9. The molecule has 1 aromatic heterocycles. The highest BCUT2D eigenvalue weighted by atomic mass is 16.6. The largest absolute Gasteiger partial charge is 0.467 e. The number of esters is 1. The van der Waals surface area contributed by atoms with Crippen LogP contribution < -0.4 is 19.5 Å². The zero-order valence-electron chi connectivity index (χ0n) is 16.1. The van der Waals surface area contributed by atoms with Gasteiger partial charge in [-0.2, -0.15) is 0 Å². The van der Waals surface area contributed by atoms with Crippen molar-refractivity contribution in [3.05, 3.63) is 0 Å². The zero-order chi connectivity index (χ0) is 19.9. The summed E-state index contributed by atoms with van der Waals surface area (Å²) in [5, 5.41) is 2.87. The first-order valence-corrected chi connectivity index (χ1v) is 8.21. The Morgan fingerprint density at radius 1 is 1.08 bits per heavy atom. The summed E-state index contributed by atoms with van der Waals surface area (Å²) in [6, 6.07) is -1.41. The first kappa shape index (κ1) is 23.7. The number of rotatable bonds is 10. The molecule has 148 valence electrons. The second-order valence-electron chi connectivity index (χ2n) is 5.01. The predicted molar refractivity (Wildman–Crippen MR) is 93.5 cm³/mol. The molecule has 0 radical (unpaired) electrons. The van der Waals surface area contributed by atoms with E-state index in [-0.39, 0.29) is 18.0 Å². The monoisotopic (exact) mass is 372 g/mol. The van der Waals surface area contributed by atoms with E-state index in [1.165, 1.54) is 14.2 Å². The van der Waals surface area contributed by atoms with E-state index in [0.29, 0.717) is 6.42 Å². The molecule has 10 nitrogen and oxygen atoms in total. The quantitative estimate of drug-likeness (QED) is 0.466. The van der Waals surface area contributed by atoms with Gasteiger partial charge in [-0.05, 0) is 20.3 Å². The van der Waals surface area contributed by atoms with Crippen molar-refractivity contribution < 1.29 is 28.5 Å². The Morgan fingerprint density at radius 3 is 1.96 bits per heavy atom. The third-order valence-electron chi connectivity index (χ3n) is 3.00. The van der Waals surface area contributed by atoms with Gasteiger partial charge >= 0.3 is 24.0 Å². The minimum atomic E-state index is -0.699. The summed E-state index contributed by atoms with van der Waals surface area (Å²) >= 11 is 0. The van der Waals surface area contributed by atoms with Crippen molar-refractivity contribution in [2.75, 3.05) is 27.9 Å². The van der Waals surface area contributed by atoms with Crippen LogP contribution in [0.15, 0.2) is 0 Å². The van der Waals surface area contributed by atoms with Crippen molar-refractivity contribution in [1.82, 2.24) is 20.3 Å². The van der Waals surface area contributed by atoms with Gasteiger partial charge < -0.3 is 23.7 Å². The molecule has 0 aliphatic carbocycles. The Balaban J connectivity index is 0.00000141. The molecule has 0 fully saturated rings. The molecule has 0 aliphatic rings. The average molecular weight is 372 g/mol. The first-order valence-electron chi connectivity index (χ1n) is 8.21. The Hall–Kier alpha value is -2.33. The highest BCUT2D eigenvalue weighted by Gasteiger charge is 2.21.